The first-order valence-electron chi connectivity index (χ1n) is 4.00. The van der Waals surface area contributed by atoms with Gasteiger partial charge in [-0.1, -0.05) is 6.92 Å². The highest BCUT2D eigenvalue weighted by Gasteiger charge is 2.23. The summed E-state index contributed by atoms with van der Waals surface area (Å²) < 4.78 is 0. The molecule has 0 bridgehead atoms. The molecule has 3 N–H and O–H groups in total. The molecule has 1 aromatic heterocycles. The minimum absolute atomic E-state index is 0.307. The van der Waals surface area contributed by atoms with Crippen LogP contribution in [0, 0.1) is 0 Å². The quantitative estimate of drug-likeness (QED) is 0.730. The Morgan fingerprint density at radius 2 is 2.50 bits per heavy atom. The molecule has 0 amide bonds. The highest BCUT2D eigenvalue weighted by molar-refractivity contribution is 7.09. The van der Waals surface area contributed by atoms with Gasteiger partial charge in [0.15, 0.2) is 0 Å². The van der Waals surface area contributed by atoms with Gasteiger partial charge in [0.1, 0.15) is 0 Å². The summed E-state index contributed by atoms with van der Waals surface area (Å²) >= 11 is 1.55. The minimum atomic E-state index is -0.744. The number of hydrogen-bond acceptors (Lipinski definition) is 4. The number of rotatable bonds is 4. The molecule has 0 aliphatic carbocycles. The Morgan fingerprint density at radius 1 is 1.75 bits per heavy atom. The molecule has 0 radical (unpaired) electrons. The van der Waals surface area contributed by atoms with E-state index in [1.807, 2.05) is 6.92 Å². The van der Waals surface area contributed by atoms with Crippen molar-refractivity contribution < 1.29 is 5.11 Å². The molecule has 1 rings (SSSR count). The van der Waals surface area contributed by atoms with Crippen LogP contribution in [-0.4, -0.2) is 22.2 Å². The summed E-state index contributed by atoms with van der Waals surface area (Å²) in [7, 11) is 0. The van der Waals surface area contributed by atoms with E-state index in [9.17, 15) is 5.11 Å². The summed E-state index contributed by atoms with van der Waals surface area (Å²) in [6.45, 7) is 2.25. The summed E-state index contributed by atoms with van der Waals surface area (Å²) in [6, 6.07) is 0. The maximum absolute atomic E-state index is 9.85. The summed E-state index contributed by atoms with van der Waals surface area (Å²) in [5.74, 6) is 0. The number of aliphatic hydroxyl groups is 1. The predicted octanol–water partition coefficient (Wildman–Crippen LogP) is 0.785. The zero-order valence-electron chi connectivity index (χ0n) is 7.16. The first kappa shape index (κ1) is 9.64. The van der Waals surface area contributed by atoms with Gasteiger partial charge in [-0.05, 0) is 6.42 Å². The van der Waals surface area contributed by atoms with Crippen LogP contribution in [0.1, 0.15) is 18.2 Å². The van der Waals surface area contributed by atoms with Crippen molar-refractivity contribution in [3.8, 4) is 0 Å². The van der Waals surface area contributed by atoms with E-state index < -0.39 is 5.60 Å². The van der Waals surface area contributed by atoms with Crippen molar-refractivity contribution in [3.63, 3.8) is 0 Å². The summed E-state index contributed by atoms with van der Waals surface area (Å²) in [6.07, 6.45) is 3.08. The fourth-order valence-electron chi connectivity index (χ4n) is 0.995. The Labute approximate surface area is 76.3 Å². The van der Waals surface area contributed by atoms with Gasteiger partial charge in [-0.25, -0.2) is 0 Å². The van der Waals surface area contributed by atoms with Gasteiger partial charge in [0.25, 0.3) is 0 Å². The fraction of sp³-hybridized carbons (Fsp3) is 0.625. The molecule has 0 spiro atoms. The monoisotopic (exact) mass is 186 g/mol. The molecule has 4 heteroatoms. The molecule has 1 aromatic rings. The third-order valence-corrected chi connectivity index (χ3v) is 2.80. The Bertz CT molecular complexity index is 219. The standard InChI is InChI=1S/C8H14N2OS/c1-2-8(11,5-9)3-7-4-10-6-12-7/h4,6,11H,2-3,5,9H2,1H3. The molecular formula is C8H14N2OS. The van der Waals surface area contributed by atoms with Crippen molar-refractivity contribution in [1.29, 1.82) is 0 Å². The molecular weight excluding hydrogens is 172 g/mol. The SMILES string of the molecule is CCC(O)(CN)Cc1cncs1. The zero-order valence-corrected chi connectivity index (χ0v) is 7.97. The van der Waals surface area contributed by atoms with Crippen LogP contribution in [-0.2, 0) is 6.42 Å². The van der Waals surface area contributed by atoms with Gasteiger partial charge < -0.3 is 10.8 Å². The molecule has 0 saturated carbocycles. The summed E-state index contributed by atoms with van der Waals surface area (Å²) in [4.78, 5) is 5.03. The molecule has 1 unspecified atom stereocenters. The van der Waals surface area contributed by atoms with E-state index in [0.717, 1.165) is 4.88 Å². The number of thiazole rings is 1. The fourth-order valence-corrected chi connectivity index (χ4v) is 1.73. The third kappa shape index (κ3) is 2.27. The average molecular weight is 186 g/mol. The van der Waals surface area contributed by atoms with Crippen molar-refractivity contribution >= 4 is 11.3 Å². The molecule has 3 nitrogen and oxygen atoms in total. The van der Waals surface area contributed by atoms with Crippen LogP contribution >= 0.6 is 11.3 Å². The first-order chi connectivity index (χ1) is 5.70. The summed E-state index contributed by atoms with van der Waals surface area (Å²) in [5.41, 5.74) is 6.49. The predicted molar refractivity (Wildman–Crippen MR) is 50.1 cm³/mol. The Kier molecular flexibility index (Phi) is 3.20. The molecule has 0 saturated heterocycles. The lowest BCUT2D eigenvalue weighted by molar-refractivity contribution is 0.0463. The average Bonchev–Trinajstić information content (AvgIpc) is 2.57. The van der Waals surface area contributed by atoms with E-state index in [-0.39, 0.29) is 0 Å². The lowest BCUT2D eigenvalue weighted by atomic mass is 9.96. The lowest BCUT2D eigenvalue weighted by Crippen LogP contribution is -2.38. The van der Waals surface area contributed by atoms with E-state index >= 15 is 0 Å². The van der Waals surface area contributed by atoms with Crippen LogP contribution < -0.4 is 5.73 Å². The van der Waals surface area contributed by atoms with E-state index in [4.69, 9.17) is 5.73 Å². The Balaban J connectivity index is 2.60. The van der Waals surface area contributed by atoms with E-state index in [1.54, 1.807) is 23.0 Å². The van der Waals surface area contributed by atoms with Gasteiger partial charge in [0.05, 0.1) is 11.1 Å². The highest BCUT2D eigenvalue weighted by Crippen LogP contribution is 2.18. The smallest absolute Gasteiger partial charge is 0.0815 e. The topological polar surface area (TPSA) is 59.1 Å². The molecule has 12 heavy (non-hydrogen) atoms. The number of hydrogen-bond donors (Lipinski definition) is 2. The number of nitrogens with two attached hydrogens (primary N) is 1. The van der Waals surface area contributed by atoms with Crippen LogP contribution in [0.4, 0.5) is 0 Å². The third-order valence-electron chi connectivity index (χ3n) is 2.02. The summed E-state index contributed by atoms with van der Waals surface area (Å²) in [5, 5.41) is 9.85. The van der Waals surface area contributed by atoms with Gasteiger partial charge in [-0.3, -0.25) is 4.98 Å². The Hall–Kier alpha value is -0.450. The first-order valence-corrected chi connectivity index (χ1v) is 4.88. The van der Waals surface area contributed by atoms with Gasteiger partial charge >= 0.3 is 0 Å². The minimum Gasteiger partial charge on any atom is -0.388 e. The van der Waals surface area contributed by atoms with Crippen molar-refractivity contribution in [1.82, 2.24) is 4.98 Å². The van der Waals surface area contributed by atoms with Gasteiger partial charge in [-0.15, -0.1) is 11.3 Å². The molecule has 1 heterocycles. The molecule has 0 aliphatic rings. The second kappa shape index (κ2) is 3.98. The highest BCUT2D eigenvalue weighted by atomic mass is 32.1. The molecule has 68 valence electrons. The van der Waals surface area contributed by atoms with Crippen molar-refractivity contribution in [2.45, 2.75) is 25.4 Å². The maximum Gasteiger partial charge on any atom is 0.0815 e. The van der Waals surface area contributed by atoms with E-state index in [2.05, 4.69) is 4.98 Å². The lowest BCUT2D eigenvalue weighted by Gasteiger charge is -2.23. The molecule has 0 aromatic carbocycles. The molecule has 0 fully saturated rings. The molecule has 1 atom stereocenters. The number of nitrogens with zero attached hydrogens (tertiary/aromatic N) is 1. The molecule has 0 aliphatic heterocycles. The van der Waals surface area contributed by atoms with Crippen molar-refractivity contribution in [3.05, 3.63) is 16.6 Å². The van der Waals surface area contributed by atoms with E-state index in [0.29, 0.717) is 19.4 Å². The zero-order chi connectivity index (χ0) is 9.03. The largest absolute Gasteiger partial charge is 0.388 e. The van der Waals surface area contributed by atoms with Gasteiger partial charge in [-0.2, -0.15) is 0 Å². The van der Waals surface area contributed by atoms with Crippen molar-refractivity contribution in [2.75, 3.05) is 6.54 Å². The second-order valence-electron chi connectivity index (χ2n) is 2.93. The van der Waals surface area contributed by atoms with Crippen LogP contribution in [0.3, 0.4) is 0 Å². The van der Waals surface area contributed by atoms with Crippen LogP contribution in [0.25, 0.3) is 0 Å². The maximum atomic E-state index is 9.85. The van der Waals surface area contributed by atoms with Crippen molar-refractivity contribution in [2.24, 2.45) is 5.73 Å². The van der Waals surface area contributed by atoms with Crippen LogP contribution in [0.15, 0.2) is 11.7 Å². The Morgan fingerprint density at radius 3 is 2.92 bits per heavy atom. The number of aromatic nitrogens is 1. The normalized spacial score (nSPS) is 15.9. The second-order valence-corrected chi connectivity index (χ2v) is 3.90. The van der Waals surface area contributed by atoms with Crippen LogP contribution in [0.2, 0.25) is 0 Å². The van der Waals surface area contributed by atoms with E-state index in [1.165, 1.54) is 0 Å². The van der Waals surface area contributed by atoms with Crippen LogP contribution in [0.5, 0.6) is 0 Å². The van der Waals surface area contributed by atoms with Gasteiger partial charge in [0, 0.05) is 24.0 Å². The van der Waals surface area contributed by atoms with Gasteiger partial charge in [0.2, 0.25) is 0 Å².